The molecule has 0 atom stereocenters. The Kier molecular flexibility index (Phi) is 6.25. The Morgan fingerprint density at radius 2 is 1.90 bits per heavy atom. The van der Waals surface area contributed by atoms with Crippen LogP contribution in [0, 0.1) is 6.92 Å². The Morgan fingerprint density at radius 1 is 1.10 bits per heavy atom. The Bertz CT molecular complexity index is 1000. The van der Waals surface area contributed by atoms with Gasteiger partial charge in [-0.25, -0.2) is 4.98 Å². The predicted molar refractivity (Wildman–Crippen MR) is 117 cm³/mol. The van der Waals surface area contributed by atoms with Crippen LogP contribution in [0.2, 0.25) is 0 Å². The number of hydrogen-bond acceptors (Lipinski definition) is 5. The van der Waals surface area contributed by atoms with Gasteiger partial charge in [-0.15, -0.1) is 0 Å². The summed E-state index contributed by atoms with van der Waals surface area (Å²) in [5.41, 5.74) is 4.51. The highest BCUT2D eigenvalue weighted by molar-refractivity contribution is 6.04. The molecule has 30 heavy (non-hydrogen) atoms. The molecule has 3 aromatic rings. The van der Waals surface area contributed by atoms with Gasteiger partial charge in [-0.05, 0) is 42.3 Å². The normalized spacial score (nSPS) is 13.7. The number of carbonyl (C=O) groups is 1. The van der Waals surface area contributed by atoms with Crippen molar-refractivity contribution in [1.29, 1.82) is 0 Å². The van der Waals surface area contributed by atoms with Crippen molar-refractivity contribution in [3.05, 3.63) is 83.6 Å². The summed E-state index contributed by atoms with van der Waals surface area (Å²) < 4.78 is 11.1. The van der Waals surface area contributed by atoms with Crippen LogP contribution in [0.25, 0.3) is 0 Å². The van der Waals surface area contributed by atoms with E-state index in [0.717, 1.165) is 48.8 Å². The standard InChI is InChI=1S/C24H25N3O3/c1-18-15-21(27-11-13-29-14-12-27)7-8-22(18)26-24(28)20-9-10-25-23(16-20)30-17-19-5-3-2-4-6-19/h2-10,15-16H,11-14,17H2,1H3,(H,26,28). The van der Waals surface area contributed by atoms with Crippen molar-refractivity contribution in [2.45, 2.75) is 13.5 Å². The number of ether oxygens (including phenoxy) is 2. The molecule has 0 aliphatic carbocycles. The first-order valence-corrected chi connectivity index (χ1v) is 10.1. The lowest BCUT2D eigenvalue weighted by molar-refractivity contribution is 0.102. The first kappa shape index (κ1) is 19.9. The van der Waals surface area contributed by atoms with Crippen LogP contribution in [-0.4, -0.2) is 37.2 Å². The number of carbonyl (C=O) groups excluding carboxylic acids is 1. The van der Waals surface area contributed by atoms with Crippen molar-refractivity contribution < 1.29 is 14.3 Å². The maximum Gasteiger partial charge on any atom is 0.255 e. The number of nitrogens with one attached hydrogen (secondary N) is 1. The van der Waals surface area contributed by atoms with E-state index in [4.69, 9.17) is 9.47 Å². The summed E-state index contributed by atoms with van der Waals surface area (Å²) in [6.07, 6.45) is 1.59. The molecule has 0 saturated carbocycles. The molecule has 0 radical (unpaired) electrons. The lowest BCUT2D eigenvalue weighted by atomic mass is 10.1. The Labute approximate surface area is 176 Å². The van der Waals surface area contributed by atoms with Crippen LogP contribution in [0.3, 0.4) is 0 Å². The van der Waals surface area contributed by atoms with Crippen molar-refractivity contribution in [3.8, 4) is 5.88 Å². The molecule has 6 nitrogen and oxygen atoms in total. The number of rotatable bonds is 6. The highest BCUT2D eigenvalue weighted by Crippen LogP contribution is 2.24. The van der Waals surface area contributed by atoms with E-state index >= 15 is 0 Å². The first-order chi connectivity index (χ1) is 14.7. The predicted octanol–water partition coefficient (Wildman–Crippen LogP) is 4.06. The average Bonchev–Trinajstić information content (AvgIpc) is 2.80. The van der Waals surface area contributed by atoms with Gasteiger partial charge in [-0.3, -0.25) is 4.79 Å². The van der Waals surface area contributed by atoms with Crippen LogP contribution in [0.5, 0.6) is 5.88 Å². The zero-order chi connectivity index (χ0) is 20.8. The van der Waals surface area contributed by atoms with Gasteiger partial charge in [-0.2, -0.15) is 0 Å². The molecule has 154 valence electrons. The number of amides is 1. The highest BCUT2D eigenvalue weighted by Gasteiger charge is 2.14. The van der Waals surface area contributed by atoms with Gasteiger partial charge in [0.1, 0.15) is 6.61 Å². The smallest absolute Gasteiger partial charge is 0.255 e. The first-order valence-electron chi connectivity index (χ1n) is 10.1. The van der Waals surface area contributed by atoms with Gasteiger partial charge >= 0.3 is 0 Å². The summed E-state index contributed by atoms with van der Waals surface area (Å²) in [4.78, 5) is 19.3. The largest absolute Gasteiger partial charge is 0.473 e. The van der Waals surface area contributed by atoms with Gasteiger partial charge < -0.3 is 19.7 Å². The van der Waals surface area contributed by atoms with E-state index in [1.807, 2.05) is 49.4 Å². The molecular weight excluding hydrogens is 378 g/mol. The highest BCUT2D eigenvalue weighted by atomic mass is 16.5. The van der Waals surface area contributed by atoms with Crippen molar-refractivity contribution in [2.75, 3.05) is 36.5 Å². The number of anilines is 2. The minimum atomic E-state index is -0.191. The summed E-state index contributed by atoms with van der Waals surface area (Å²) in [6, 6.07) is 19.3. The van der Waals surface area contributed by atoms with Gasteiger partial charge in [0.2, 0.25) is 5.88 Å². The molecule has 2 aromatic carbocycles. The van der Waals surface area contributed by atoms with E-state index < -0.39 is 0 Å². The number of benzene rings is 2. The van der Waals surface area contributed by atoms with Crippen LogP contribution in [0.1, 0.15) is 21.5 Å². The van der Waals surface area contributed by atoms with Crippen molar-refractivity contribution in [2.24, 2.45) is 0 Å². The molecule has 1 aromatic heterocycles. The molecule has 4 rings (SSSR count). The summed E-state index contributed by atoms with van der Waals surface area (Å²) in [7, 11) is 0. The van der Waals surface area contributed by atoms with Crippen molar-refractivity contribution >= 4 is 17.3 Å². The minimum Gasteiger partial charge on any atom is -0.473 e. The topological polar surface area (TPSA) is 63.7 Å². The number of aromatic nitrogens is 1. The Balaban J connectivity index is 1.41. The summed E-state index contributed by atoms with van der Waals surface area (Å²) >= 11 is 0. The fraction of sp³-hybridized carbons (Fsp3) is 0.250. The van der Waals surface area contributed by atoms with Gasteiger partial charge in [0.15, 0.2) is 0 Å². The molecule has 2 heterocycles. The second-order valence-corrected chi connectivity index (χ2v) is 7.21. The number of hydrogen-bond donors (Lipinski definition) is 1. The maximum atomic E-state index is 12.8. The SMILES string of the molecule is Cc1cc(N2CCOCC2)ccc1NC(=O)c1ccnc(OCc2ccccc2)c1. The van der Waals surface area contributed by atoms with Gasteiger partial charge in [0.05, 0.1) is 13.2 Å². The van der Waals surface area contributed by atoms with Crippen molar-refractivity contribution in [1.82, 2.24) is 4.98 Å². The van der Waals surface area contributed by atoms with Crippen LogP contribution in [0.4, 0.5) is 11.4 Å². The zero-order valence-corrected chi connectivity index (χ0v) is 17.0. The molecular formula is C24H25N3O3. The fourth-order valence-corrected chi connectivity index (χ4v) is 3.36. The number of nitrogens with zero attached hydrogens (tertiary/aromatic N) is 2. The monoisotopic (exact) mass is 403 g/mol. The second kappa shape index (κ2) is 9.41. The lowest BCUT2D eigenvalue weighted by Crippen LogP contribution is -2.36. The number of morpholine rings is 1. The third kappa shape index (κ3) is 4.96. The molecule has 1 aliphatic heterocycles. The molecule has 0 spiro atoms. The van der Waals surface area contributed by atoms with E-state index in [1.54, 1.807) is 18.3 Å². The molecule has 1 amide bonds. The van der Waals surface area contributed by atoms with Crippen LogP contribution >= 0.6 is 0 Å². The average molecular weight is 403 g/mol. The maximum absolute atomic E-state index is 12.8. The quantitative estimate of drug-likeness (QED) is 0.673. The summed E-state index contributed by atoms with van der Waals surface area (Å²) in [5, 5.41) is 2.99. The molecule has 1 N–H and O–H groups in total. The third-order valence-electron chi connectivity index (χ3n) is 5.06. The van der Waals surface area contributed by atoms with Gasteiger partial charge in [-0.1, -0.05) is 30.3 Å². The van der Waals surface area contributed by atoms with E-state index in [1.165, 1.54) is 0 Å². The van der Waals surface area contributed by atoms with E-state index in [-0.39, 0.29) is 5.91 Å². The lowest BCUT2D eigenvalue weighted by Gasteiger charge is -2.29. The third-order valence-corrected chi connectivity index (χ3v) is 5.06. The molecule has 1 aliphatic rings. The van der Waals surface area contributed by atoms with E-state index in [9.17, 15) is 4.79 Å². The van der Waals surface area contributed by atoms with Crippen LogP contribution in [-0.2, 0) is 11.3 Å². The molecule has 0 bridgehead atoms. The van der Waals surface area contributed by atoms with Crippen LogP contribution < -0.4 is 15.0 Å². The number of aryl methyl sites for hydroxylation is 1. The molecule has 1 saturated heterocycles. The molecule has 1 fully saturated rings. The molecule has 6 heteroatoms. The Morgan fingerprint density at radius 3 is 2.67 bits per heavy atom. The zero-order valence-electron chi connectivity index (χ0n) is 17.0. The summed E-state index contributed by atoms with van der Waals surface area (Å²) in [5.74, 6) is 0.232. The summed E-state index contributed by atoms with van der Waals surface area (Å²) in [6.45, 7) is 5.66. The van der Waals surface area contributed by atoms with E-state index in [2.05, 4.69) is 21.3 Å². The van der Waals surface area contributed by atoms with E-state index in [0.29, 0.717) is 18.1 Å². The van der Waals surface area contributed by atoms with Gasteiger partial charge in [0.25, 0.3) is 5.91 Å². The van der Waals surface area contributed by atoms with Crippen LogP contribution in [0.15, 0.2) is 66.9 Å². The molecule has 0 unspecified atom stereocenters. The second-order valence-electron chi connectivity index (χ2n) is 7.21. The number of pyridine rings is 1. The minimum absolute atomic E-state index is 0.191. The van der Waals surface area contributed by atoms with Crippen molar-refractivity contribution in [3.63, 3.8) is 0 Å². The fourth-order valence-electron chi connectivity index (χ4n) is 3.36. The Hall–Kier alpha value is -3.38. The van der Waals surface area contributed by atoms with Gasteiger partial charge in [0, 0.05) is 42.3 Å².